The zero-order chi connectivity index (χ0) is 21.6. The van der Waals surface area contributed by atoms with Crippen LogP contribution in [0.2, 0.25) is 0 Å². The predicted molar refractivity (Wildman–Crippen MR) is 111 cm³/mol. The van der Waals surface area contributed by atoms with E-state index in [0.29, 0.717) is 17.9 Å². The number of alkyl halides is 3. The van der Waals surface area contributed by atoms with Crippen molar-refractivity contribution in [2.45, 2.75) is 12.8 Å². The van der Waals surface area contributed by atoms with Crippen molar-refractivity contribution in [2.24, 2.45) is 5.10 Å². The van der Waals surface area contributed by atoms with Crippen molar-refractivity contribution in [1.82, 2.24) is 5.43 Å². The fraction of sp³-hybridized carbons (Fsp3) is 0.0909. The molecular weight excluding hydrogens is 461 g/mol. The van der Waals surface area contributed by atoms with E-state index in [9.17, 15) is 18.0 Å². The average molecular weight is 477 g/mol. The molecule has 0 aromatic heterocycles. The van der Waals surface area contributed by atoms with Crippen molar-refractivity contribution in [3.63, 3.8) is 0 Å². The van der Waals surface area contributed by atoms with Crippen molar-refractivity contribution < 1.29 is 22.7 Å². The van der Waals surface area contributed by atoms with Crippen molar-refractivity contribution in [3.05, 3.63) is 99.5 Å². The third-order valence-electron chi connectivity index (χ3n) is 4.03. The Kier molecular flexibility index (Phi) is 6.89. The maximum absolute atomic E-state index is 12.8. The molecule has 3 aromatic carbocycles. The fourth-order valence-electron chi connectivity index (χ4n) is 2.55. The number of amides is 1. The number of rotatable bonds is 6. The Balaban J connectivity index is 1.70. The van der Waals surface area contributed by atoms with Gasteiger partial charge in [-0.25, -0.2) is 5.43 Å². The molecule has 0 bridgehead atoms. The lowest BCUT2D eigenvalue weighted by molar-refractivity contribution is -0.137. The lowest BCUT2D eigenvalue weighted by atomic mass is 10.1. The van der Waals surface area contributed by atoms with Crippen LogP contribution in [0.15, 0.2) is 82.4 Å². The number of nitrogens with one attached hydrogen (secondary N) is 1. The van der Waals surface area contributed by atoms with Crippen molar-refractivity contribution in [2.75, 3.05) is 0 Å². The van der Waals surface area contributed by atoms with E-state index in [1.807, 2.05) is 30.3 Å². The van der Waals surface area contributed by atoms with Crippen LogP contribution in [0.5, 0.6) is 5.75 Å². The molecule has 0 aliphatic carbocycles. The van der Waals surface area contributed by atoms with Gasteiger partial charge in [0.05, 0.1) is 11.8 Å². The van der Waals surface area contributed by atoms with Crippen LogP contribution in [-0.2, 0) is 12.8 Å². The summed E-state index contributed by atoms with van der Waals surface area (Å²) >= 11 is 3.37. The molecule has 4 nitrogen and oxygen atoms in total. The van der Waals surface area contributed by atoms with E-state index < -0.39 is 17.6 Å². The summed E-state index contributed by atoms with van der Waals surface area (Å²) in [7, 11) is 0. The largest absolute Gasteiger partial charge is 0.488 e. The summed E-state index contributed by atoms with van der Waals surface area (Å²) in [4.78, 5) is 12.1. The zero-order valence-electron chi connectivity index (χ0n) is 15.5. The quantitative estimate of drug-likeness (QED) is 0.360. The number of carbonyl (C=O) groups is 1. The molecule has 154 valence electrons. The van der Waals surface area contributed by atoms with Gasteiger partial charge >= 0.3 is 6.18 Å². The summed E-state index contributed by atoms with van der Waals surface area (Å²) in [6, 6.07) is 19.0. The third-order valence-corrected chi connectivity index (χ3v) is 4.52. The van der Waals surface area contributed by atoms with Gasteiger partial charge in [0, 0.05) is 15.6 Å². The van der Waals surface area contributed by atoms with Crippen LogP contribution in [-0.4, -0.2) is 12.1 Å². The van der Waals surface area contributed by atoms with Gasteiger partial charge < -0.3 is 4.74 Å². The molecule has 0 radical (unpaired) electrons. The highest BCUT2D eigenvalue weighted by Crippen LogP contribution is 2.29. The Hall–Kier alpha value is -3.13. The Bertz CT molecular complexity index is 1050. The van der Waals surface area contributed by atoms with Gasteiger partial charge in [-0.15, -0.1) is 0 Å². The summed E-state index contributed by atoms with van der Waals surface area (Å²) in [5, 5.41) is 3.86. The summed E-state index contributed by atoms with van der Waals surface area (Å²) in [5.74, 6) is -0.210. The second-order valence-electron chi connectivity index (χ2n) is 6.23. The maximum atomic E-state index is 12.8. The zero-order valence-corrected chi connectivity index (χ0v) is 17.1. The Morgan fingerprint density at radius 1 is 1.03 bits per heavy atom. The van der Waals surface area contributed by atoms with Crippen LogP contribution in [0.1, 0.15) is 27.0 Å². The number of hydrazone groups is 1. The molecule has 30 heavy (non-hydrogen) atoms. The van der Waals surface area contributed by atoms with E-state index >= 15 is 0 Å². The first-order valence-electron chi connectivity index (χ1n) is 8.80. The van der Waals surface area contributed by atoms with Crippen LogP contribution in [0, 0.1) is 0 Å². The van der Waals surface area contributed by atoms with Gasteiger partial charge in [0.25, 0.3) is 5.91 Å². The molecule has 0 aliphatic heterocycles. The monoisotopic (exact) mass is 476 g/mol. The summed E-state index contributed by atoms with van der Waals surface area (Å²) in [5.41, 5.74) is 2.77. The molecule has 0 spiro atoms. The van der Waals surface area contributed by atoms with Gasteiger partial charge in [-0.05, 0) is 42.0 Å². The van der Waals surface area contributed by atoms with Gasteiger partial charge in [0.1, 0.15) is 12.4 Å². The van der Waals surface area contributed by atoms with E-state index in [2.05, 4.69) is 26.5 Å². The fourth-order valence-corrected chi connectivity index (χ4v) is 2.93. The van der Waals surface area contributed by atoms with E-state index in [4.69, 9.17) is 4.74 Å². The summed E-state index contributed by atoms with van der Waals surface area (Å²) < 4.78 is 45.0. The number of carbonyl (C=O) groups excluding carboxylic acids is 1. The van der Waals surface area contributed by atoms with Gasteiger partial charge in [0.15, 0.2) is 0 Å². The molecule has 0 unspecified atom stereocenters. The highest BCUT2D eigenvalue weighted by Gasteiger charge is 2.30. The molecule has 0 atom stereocenters. The third kappa shape index (κ3) is 5.93. The van der Waals surface area contributed by atoms with Crippen LogP contribution in [0.25, 0.3) is 0 Å². The van der Waals surface area contributed by atoms with E-state index in [-0.39, 0.29) is 5.56 Å². The minimum atomic E-state index is -4.53. The molecule has 1 amide bonds. The number of halogens is 4. The minimum Gasteiger partial charge on any atom is -0.488 e. The van der Waals surface area contributed by atoms with Gasteiger partial charge in [-0.3, -0.25) is 4.79 Å². The first kappa shape index (κ1) is 21.6. The van der Waals surface area contributed by atoms with Crippen LogP contribution in [0.4, 0.5) is 13.2 Å². The lowest BCUT2D eigenvalue weighted by Crippen LogP contribution is -2.18. The second kappa shape index (κ2) is 9.58. The van der Waals surface area contributed by atoms with Gasteiger partial charge in [0.2, 0.25) is 0 Å². The maximum Gasteiger partial charge on any atom is 0.416 e. The molecule has 3 rings (SSSR count). The first-order valence-corrected chi connectivity index (χ1v) is 9.59. The Morgan fingerprint density at radius 3 is 2.53 bits per heavy atom. The number of benzene rings is 3. The summed E-state index contributed by atoms with van der Waals surface area (Å²) in [6.07, 6.45) is -3.16. The number of ether oxygens (including phenoxy) is 1. The summed E-state index contributed by atoms with van der Waals surface area (Å²) in [6.45, 7) is 0.347. The molecule has 0 heterocycles. The molecule has 0 aliphatic rings. The van der Waals surface area contributed by atoms with E-state index in [1.54, 1.807) is 18.2 Å². The van der Waals surface area contributed by atoms with Gasteiger partial charge in [-0.2, -0.15) is 18.3 Å². The van der Waals surface area contributed by atoms with Crippen molar-refractivity contribution in [3.8, 4) is 5.75 Å². The predicted octanol–water partition coefficient (Wildman–Crippen LogP) is 5.81. The van der Waals surface area contributed by atoms with Crippen molar-refractivity contribution >= 4 is 28.1 Å². The standard InChI is InChI=1S/C22H16BrF3N2O2/c23-19-9-10-20(30-14-15-5-2-1-3-6-15)17(12-19)13-27-28-21(29)16-7-4-8-18(11-16)22(24,25)26/h1-13H,14H2,(H,28,29)/b27-13-. The molecule has 0 saturated heterocycles. The second-order valence-corrected chi connectivity index (χ2v) is 7.15. The van der Waals surface area contributed by atoms with Gasteiger partial charge in [-0.1, -0.05) is 52.3 Å². The number of nitrogens with zero attached hydrogens (tertiary/aromatic N) is 1. The van der Waals surface area contributed by atoms with Crippen molar-refractivity contribution in [1.29, 1.82) is 0 Å². The molecule has 8 heteroatoms. The first-order chi connectivity index (χ1) is 14.3. The minimum absolute atomic E-state index is 0.142. The smallest absolute Gasteiger partial charge is 0.416 e. The molecule has 0 fully saturated rings. The molecule has 3 aromatic rings. The lowest BCUT2D eigenvalue weighted by Gasteiger charge is -2.10. The van der Waals surface area contributed by atoms with E-state index in [1.165, 1.54) is 18.3 Å². The van der Waals surface area contributed by atoms with Crippen LogP contribution >= 0.6 is 15.9 Å². The highest BCUT2D eigenvalue weighted by atomic mass is 79.9. The number of hydrogen-bond donors (Lipinski definition) is 1. The van der Waals surface area contributed by atoms with E-state index in [0.717, 1.165) is 22.2 Å². The molecular formula is C22H16BrF3N2O2. The normalized spacial score (nSPS) is 11.5. The van der Waals surface area contributed by atoms with Crippen LogP contribution in [0.3, 0.4) is 0 Å². The van der Waals surface area contributed by atoms with Crippen LogP contribution < -0.4 is 10.2 Å². The average Bonchev–Trinajstić information content (AvgIpc) is 2.73. The number of hydrogen-bond acceptors (Lipinski definition) is 3. The Labute approximate surface area is 179 Å². The SMILES string of the molecule is O=C(N/N=C\c1cc(Br)ccc1OCc1ccccc1)c1cccc(C(F)(F)F)c1. The topological polar surface area (TPSA) is 50.7 Å². The molecule has 1 N–H and O–H groups in total. The molecule has 0 saturated carbocycles. The highest BCUT2D eigenvalue weighted by molar-refractivity contribution is 9.10. The Morgan fingerprint density at radius 2 is 1.80 bits per heavy atom.